The summed E-state index contributed by atoms with van der Waals surface area (Å²) in [6.45, 7) is 1.17. The number of carbonyl (C=O) groups is 1. The van der Waals surface area contributed by atoms with Gasteiger partial charge in [0.05, 0.1) is 16.1 Å². The van der Waals surface area contributed by atoms with Crippen LogP contribution < -0.4 is 10.2 Å². The first kappa shape index (κ1) is 15.1. The van der Waals surface area contributed by atoms with Gasteiger partial charge in [-0.25, -0.2) is 19.6 Å². The van der Waals surface area contributed by atoms with Gasteiger partial charge in [0.25, 0.3) is 0 Å². The molecule has 1 aromatic carbocycles. The molecule has 0 spiro atoms. The molecular weight excluding hydrogens is 352 g/mol. The van der Waals surface area contributed by atoms with Crippen LogP contribution in [0.3, 0.4) is 0 Å². The highest BCUT2D eigenvalue weighted by Crippen LogP contribution is 2.29. The zero-order chi connectivity index (χ0) is 17.7. The lowest BCUT2D eigenvalue weighted by atomic mass is 9.99. The second-order valence-corrected chi connectivity index (χ2v) is 7.19. The van der Waals surface area contributed by atoms with E-state index < -0.39 is 0 Å². The van der Waals surface area contributed by atoms with Gasteiger partial charge >= 0.3 is 0 Å². The first-order chi connectivity index (χ1) is 12.7. The molecule has 130 valence electrons. The van der Waals surface area contributed by atoms with E-state index >= 15 is 0 Å². The normalized spacial score (nSPS) is 14.7. The van der Waals surface area contributed by atoms with Crippen LogP contribution in [0.2, 0.25) is 0 Å². The second kappa shape index (κ2) is 5.70. The molecule has 0 radical (unpaired) electrons. The zero-order valence-electron chi connectivity index (χ0n) is 13.8. The summed E-state index contributed by atoms with van der Waals surface area (Å²) in [5.41, 5.74) is 2.23. The summed E-state index contributed by atoms with van der Waals surface area (Å²) < 4.78 is 2.67. The van der Waals surface area contributed by atoms with Gasteiger partial charge in [-0.3, -0.25) is 4.79 Å². The number of aromatic nitrogens is 6. The van der Waals surface area contributed by atoms with Crippen molar-refractivity contribution < 1.29 is 4.79 Å². The molecule has 0 atom stereocenters. The van der Waals surface area contributed by atoms with Gasteiger partial charge in [-0.2, -0.15) is 0 Å². The number of anilines is 2. The van der Waals surface area contributed by atoms with Crippen LogP contribution in [-0.4, -0.2) is 48.9 Å². The summed E-state index contributed by atoms with van der Waals surface area (Å²) in [4.78, 5) is 27.4. The lowest BCUT2D eigenvalue weighted by Crippen LogP contribution is -2.52. The van der Waals surface area contributed by atoms with Crippen LogP contribution in [0.15, 0.2) is 30.6 Å². The standard InChI is InChI=1S/C16H14N8OS/c1-23-13-12(21-22-23)14(18-8-17-13)24-6-9(7-24)15(25)20-16-19-10-4-2-3-5-11(10)26-16/h2-5,8-9H,6-7H2,1H3,(H,19,20,25). The van der Waals surface area contributed by atoms with Gasteiger partial charge in [0.1, 0.15) is 6.33 Å². The van der Waals surface area contributed by atoms with E-state index in [0.717, 1.165) is 10.2 Å². The van der Waals surface area contributed by atoms with Crippen LogP contribution in [-0.2, 0) is 11.8 Å². The maximum absolute atomic E-state index is 12.5. The van der Waals surface area contributed by atoms with Gasteiger partial charge in [-0.15, -0.1) is 5.10 Å². The Morgan fingerprint density at radius 3 is 2.96 bits per heavy atom. The third-order valence-corrected chi connectivity index (χ3v) is 5.40. The fourth-order valence-corrected chi connectivity index (χ4v) is 3.89. The molecule has 4 heterocycles. The van der Waals surface area contributed by atoms with E-state index in [9.17, 15) is 4.79 Å². The number of rotatable bonds is 3. The minimum absolute atomic E-state index is 0.0234. The third kappa shape index (κ3) is 2.37. The van der Waals surface area contributed by atoms with Gasteiger partial charge in [-0.05, 0) is 12.1 Å². The molecule has 9 nitrogen and oxygen atoms in total. The molecule has 1 aliphatic heterocycles. The van der Waals surface area contributed by atoms with Crippen molar-refractivity contribution in [3.8, 4) is 0 Å². The van der Waals surface area contributed by atoms with E-state index in [0.29, 0.717) is 35.2 Å². The first-order valence-electron chi connectivity index (χ1n) is 8.11. The Labute approximate surface area is 151 Å². The van der Waals surface area contributed by atoms with Crippen molar-refractivity contribution in [3.63, 3.8) is 0 Å². The van der Waals surface area contributed by atoms with Crippen LogP contribution in [0, 0.1) is 5.92 Å². The number of carbonyl (C=O) groups excluding carboxylic acids is 1. The highest BCUT2D eigenvalue weighted by molar-refractivity contribution is 7.22. The molecule has 5 rings (SSSR count). The Bertz CT molecular complexity index is 1100. The molecule has 0 bridgehead atoms. The summed E-state index contributed by atoms with van der Waals surface area (Å²) in [6, 6.07) is 7.83. The van der Waals surface area contributed by atoms with Crippen molar-refractivity contribution >= 4 is 49.6 Å². The summed E-state index contributed by atoms with van der Waals surface area (Å²) in [5.74, 6) is 0.584. The largest absolute Gasteiger partial charge is 0.353 e. The molecule has 0 saturated carbocycles. The van der Waals surface area contributed by atoms with Gasteiger partial charge < -0.3 is 10.2 Å². The molecule has 10 heteroatoms. The minimum atomic E-state index is -0.108. The lowest BCUT2D eigenvalue weighted by Gasteiger charge is -2.38. The summed E-state index contributed by atoms with van der Waals surface area (Å²) >= 11 is 1.48. The van der Waals surface area contributed by atoms with Gasteiger partial charge in [-0.1, -0.05) is 28.7 Å². The monoisotopic (exact) mass is 366 g/mol. The molecule has 4 aromatic rings. The average Bonchev–Trinajstić information content (AvgIpc) is 3.17. The lowest BCUT2D eigenvalue weighted by molar-refractivity contribution is -0.120. The summed E-state index contributed by atoms with van der Waals surface area (Å²) in [5, 5.41) is 11.7. The second-order valence-electron chi connectivity index (χ2n) is 6.16. The van der Waals surface area contributed by atoms with E-state index in [1.54, 1.807) is 11.7 Å². The zero-order valence-corrected chi connectivity index (χ0v) is 14.6. The van der Waals surface area contributed by atoms with Crippen molar-refractivity contribution in [1.82, 2.24) is 29.9 Å². The SMILES string of the molecule is Cn1nnc2c(N3CC(C(=O)Nc4nc5ccccc5s4)C3)ncnc21. The van der Waals surface area contributed by atoms with Crippen LogP contribution in [0.25, 0.3) is 21.4 Å². The first-order valence-corrected chi connectivity index (χ1v) is 8.92. The molecule has 3 aromatic heterocycles. The minimum Gasteiger partial charge on any atom is -0.353 e. The Balaban J connectivity index is 1.29. The summed E-state index contributed by atoms with van der Waals surface area (Å²) in [6.07, 6.45) is 1.50. The molecular formula is C16H14N8OS. The highest BCUT2D eigenvalue weighted by Gasteiger charge is 2.35. The predicted octanol–water partition coefficient (Wildman–Crippen LogP) is 1.44. The van der Waals surface area contributed by atoms with Crippen LogP contribution >= 0.6 is 11.3 Å². The van der Waals surface area contributed by atoms with Crippen molar-refractivity contribution in [2.24, 2.45) is 13.0 Å². The molecule has 0 unspecified atom stereocenters. The number of fused-ring (bicyclic) bond motifs is 2. The molecule has 1 fully saturated rings. The van der Waals surface area contributed by atoms with E-state index in [1.807, 2.05) is 29.2 Å². The molecule has 1 amide bonds. The van der Waals surface area contributed by atoms with E-state index in [1.165, 1.54) is 17.7 Å². The Kier molecular flexibility index (Phi) is 3.32. The van der Waals surface area contributed by atoms with Crippen molar-refractivity contribution in [1.29, 1.82) is 0 Å². The van der Waals surface area contributed by atoms with Crippen LogP contribution in [0.1, 0.15) is 0 Å². The van der Waals surface area contributed by atoms with Gasteiger partial charge in [0, 0.05) is 20.1 Å². The number of hydrogen-bond donors (Lipinski definition) is 1. The molecule has 1 aliphatic rings. The number of hydrogen-bond acceptors (Lipinski definition) is 8. The Morgan fingerprint density at radius 2 is 2.12 bits per heavy atom. The molecule has 26 heavy (non-hydrogen) atoms. The predicted molar refractivity (Wildman–Crippen MR) is 98.1 cm³/mol. The number of para-hydroxylation sites is 1. The Hall–Kier alpha value is -3.14. The van der Waals surface area contributed by atoms with E-state index in [2.05, 4.69) is 30.6 Å². The molecule has 1 saturated heterocycles. The van der Waals surface area contributed by atoms with Crippen molar-refractivity contribution in [2.45, 2.75) is 0 Å². The molecule has 0 aliphatic carbocycles. The number of nitrogens with one attached hydrogen (secondary N) is 1. The fraction of sp³-hybridized carbons (Fsp3) is 0.250. The number of amides is 1. The highest BCUT2D eigenvalue weighted by atomic mass is 32.1. The number of aryl methyl sites for hydroxylation is 1. The third-order valence-electron chi connectivity index (χ3n) is 4.44. The number of thiazole rings is 1. The quantitative estimate of drug-likeness (QED) is 0.585. The van der Waals surface area contributed by atoms with Crippen molar-refractivity contribution in [3.05, 3.63) is 30.6 Å². The van der Waals surface area contributed by atoms with Gasteiger partial charge in [0.15, 0.2) is 22.1 Å². The summed E-state index contributed by atoms with van der Waals surface area (Å²) in [7, 11) is 1.79. The smallest absolute Gasteiger partial charge is 0.232 e. The fourth-order valence-electron chi connectivity index (χ4n) is 3.02. The maximum atomic E-state index is 12.5. The van der Waals surface area contributed by atoms with E-state index in [-0.39, 0.29) is 11.8 Å². The Morgan fingerprint density at radius 1 is 1.27 bits per heavy atom. The van der Waals surface area contributed by atoms with Crippen LogP contribution in [0.4, 0.5) is 10.9 Å². The molecule has 1 N–H and O–H groups in total. The average molecular weight is 366 g/mol. The topological polar surface area (TPSA) is 102 Å². The number of nitrogens with zero attached hydrogens (tertiary/aromatic N) is 7. The van der Waals surface area contributed by atoms with E-state index in [4.69, 9.17) is 0 Å². The van der Waals surface area contributed by atoms with Crippen LogP contribution in [0.5, 0.6) is 0 Å². The number of benzene rings is 1. The maximum Gasteiger partial charge on any atom is 0.232 e. The van der Waals surface area contributed by atoms with Crippen molar-refractivity contribution in [2.75, 3.05) is 23.3 Å². The van der Waals surface area contributed by atoms with Gasteiger partial charge in [0.2, 0.25) is 5.91 Å².